The Bertz CT molecular complexity index is 2350. The lowest BCUT2D eigenvalue weighted by Crippen LogP contribution is -2.15. The molecular weight excluding hydrogens is 639 g/mol. The van der Waals surface area contributed by atoms with Gasteiger partial charge in [-0.25, -0.2) is 4.57 Å². The van der Waals surface area contributed by atoms with E-state index in [0.29, 0.717) is 35.2 Å². The molecule has 0 heterocycles. The van der Waals surface area contributed by atoms with E-state index in [1.54, 1.807) is 0 Å². The minimum absolute atomic E-state index is 0.0592. The number of phenolic OH excluding ortho intramolecular Hbond substituents is 1. The summed E-state index contributed by atoms with van der Waals surface area (Å²) in [6, 6.07) is 27.9. The van der Waals surface area contributed by atoms with E-state index in [-0.39, 0.29) is 23.7 Å². The van der Waals surface area contributed by atoms with Crippen LogP contribution in [0.25, 0.3) is 0 Å². The van der Waals surface area contributed by atoms with Crippen molar-refractivity contribution in [2.75, 3.05) is 14.2 Å². The molecular formula is C44H35O5P. The summed E-state index contributed by atoms with van der Waals surface area (Å²) in [5.74, 6) is 3.13. The van der Waals surface area contributed by atoms with Gasteiger partial charge in [0.15, 0.2) is 0 Å². The van der Waals surface area contributed by atoms with Crippen LogP contribution in [0.15, 0.2) is 72.8 Å². The molecule has 8 atom stereocenters. The number of fused-ring (bicyclic) bond motifs is 32. The van der Waals surface area contributed by atoms with Crippen molar-refractivity contribution >= 4 is 7.82 Å². The minimum atomic E-state index is -3.89. The van der Waals surface area contributed by atoms with Gasteiger partial charge in [0.25, 0.3) is 0 Å². The van der Waals surface area contributed by atoms with E-state index in [0.717, 1.165) is 47.9 Å². The molecule has 1 N–H and O–H groups in total. The molecule has 50 heavy (non-hydrogen) atoms. The second-order valence-corrected chi connectivity index (χ2v) is 17.9. The highest BCUT2D eigenvalue weighted by Crippen LogP contribution is 2.72. The largest absolute Gasteiger partial charge is 0.529 e. The van der Waals surface area contributed by atoms with Gasteiger partial charge < -0.3 is 9.63 Å². The second kappa shape index (κ2) is 8.83. The summed E-state index contributed by atoms with van der Waals surface area (Å²) in [4.78, 5) is 0. The first-order valence-corrected chi connectivity index (χ1v) is 19.8. The molecule has 0 spiro atoms. The summed E-state index contributed by atoms with van der Waals surface area (Å²) >= 11 is 0. The zero-order chi connectivity index (χ0) is 32.9. The lowest BCUT2D eigenvalue weighted by atomic mass is 9.74. The number of aromatic hydroxyl groups is 1. The Kier molecular flexibility index (Phi) is 4.86. The molecule has 0 radical (unpaired) electrons. The normalized spacial score (nSPS) is 29.4. The summed E-state index contributed by atoms with van der Waals surface area (Å²) < 4.78 is 31.3. The first-order valence-electron chi connectivity index (χ1n) is 18.3. The monoisotopic (exact) mass is 674 g/mol. The second-order valence-electron chi connectivity index (χ2n) is 16.1. The molecule has 5 nitrogen and oxygen atoms in total. The number of hydrogen-bond donors (Lipinski definition) is 1. The third-order valence-electron chi connectivity index (χ3n) is 14.6. The molecule has 6 heteroatoms. The Hall–Kier alpha value is -4.15. The molecule has 5 aromatic rings. The van der Waals surface area contributed by atoms with Crippen LogP contribution in [-0.2, 0) is 13.6 Å². The third-order valence-corrected chi connectivity index (χ3v) is 15.9. The van der Waals surface area contributed by atoms with Crippen LogP contribution in [-0.4, -0.2) is 19.3 Å². The van der Waals surface area contributed by atoms with Gasteiger partial charge in [-0.2, -0.15) is 0 Å². The molecule has 8 aliphatic rings. The molecule has 5 aromatic carbocycles. The minimum Gasteiger partial charge on any atom is -0.507 e. The first kappa shape index (κ1) is 27.6. The maximum Gasteiger partial charge on any atom is 0.529 e. The molecule has 8 bridgehead atoms. The van der Waals surface area contributed by atoms with Crippen molar-refractivity contribution in [1.29, 1.82) is 0 Å². The zero-order valence-electron chi connectivity index (χ0n) is 27.9. The van der Waals surface area contributed by atoms with Gasteiger partial charge >= 0.3 is 7.82 Å². The predicted octanol–water partition coefficient (Wildman–Crippen LogP) is 10.1. The molecule has 0 aromatic heterocycles. The molecule has 0 amide bonds. The lowest BCUT2D eigenvalue weighted by molar-refractivity contribution is 0.209. The Morgan fingerprint density at radius 2 is 0.780 bits per heavy atom. The summed E-state index contributed by atoms with van der Waals surface area (Å²) in [6.07, 6.45) is 4.09. The topological polar surface area (TPSA) is 65.0 Å². The Morgan fingerprint density at radius 3 is 1.12 bits per heavy atom. The molecule has 0 aliphatic heterocycles. The van der Waals surface area contributed by atoms with Crippen molar-refractivity contribution < 1.29 is 23.2 Å². The highest BCUT2D eigenvalue weighted by atomic mass is 31.2. The van der Waals surface area contributed by atoms with Crippen LogP contribution in [0.5, 0.6) is 11.5 Å². The fourth-order valence-corrected chi connectivity index (χ4v) is 13.5. The number of phosphoric acid groups is 1. The van der Waals surface area contributed by atoms with Gasteiger partial charge in [0.2, 0.25) is 0 Å². The number of hydrogen-bond acceptors (Lipinski definition) is 5. The quantitative estimate of drug-likeness (QED) is 0.192. The van der Waals surface area contributed by atoms with Crippen molar-refractivity contribution in [3.8, 4) is 11.5 Å². The average Bonchev–Trinajstić information content (AvgIpc) is 4.02. The van der Waals surface area contributed by atoms with Gasteiger partial charge in [-0.05, 0) is 92.4 Å². The fraction of sp³-hybridized carbons (Fsp3) is 0.318. The van der Waals surface area contributed by atoms with E-state index in [9.17, 15) is 9.67 Å². The predicted molar refractivity (Wildman–Crippen MR) is 189 cm³/mol. The maximum absolute atomic E-state index is 13.9. The fourth-order valence-electron chi connectivity index (χ4n) is 12.8. The molecule has 8 aliphatic carbocycles. The first-order chi connectivity index (χ1) is 24.5. The van der Waals surface area contributed by atoms with Crippen LogP contribution in [0.4, 0.5) is 0 Å². The lowest BCUT2D eigenvalue weighted by Gasteiger charge is -2.32. The molecule has 13 rings (SSSR count). The van der Waals surface area contributed by atoms with Crippen molar-refractivity contribution in [3.63, 3.8) is 0 Å². The van der Waals surface area contributed by atoms with E-state index in [4.69, 9.17) is 13.6 Å². The van der Waals surface area contributed by atoms with Gasteiger partial charge in [-0.3, -0.25) is 9.05 Å². The van der Waals surface area contributed by atoms with Gasteiger partial charge in [-0.1, -0.05) is 72.8 Å². The van der Waals surface area contributed by atoms with E-state index in [1.807, 2.05) is 0 Å². The third kappa shape index (κ3) is 2.96. The maximum atomic E-state index is 13.9. The number of rotatable bonds is 4. The standard InChI is InChI=1S/C44H35O5P/c1-47-50(46,48-2)49-44-41-37-17-35(31-13-27-23-11-25(29(27)15-33(31)37)21-9-5-3-7-19(21)23)39(41)43(45)40-36-18-38(42(40)44)34-16-30-26-12-24(28(30)14-32(34)36)20-8-4-6-10-22(20)26/h3-10,13-16,23-26,35-38,45H,11-12,17-18H2,1-2H3. The summed E-state index contributed by atoms with van der Waals surface area (Å²) in [5, 5.41) is 12.5. The van der Waals surface area contributed by atoms with Gasteiger partial charge in [0.05, 0.1) is 0 Å². The van der Waals surface area contributed by atoms with Gasteiger partial charge in [0.1, 0.15) is 11.5 Å². The highest BCUT2D eigenvalue weighted by molar-refractivity contribution is 7.48. The van der Waals surface area contributed by atoms with E-state index in [1.165, 1.54) is 81.0 Å². The van der Waals surface area contributed by atoms with Crippen molar-refractivity contribution in [1.82, 2.24) is 0 Å². The Labute approximate surface area is 290 Å². The molecule has 8 unspecified atom stereocenters. The van der Waals surface area contributed by atoms with Crippen molar-refractivity contribution in [2.45, 2.75) is 73.0 Å². The number of benzene rings is 5. The zero-order valence-corrected chi connectivity index (χ0v) is 28.8. The van der Waals surface area contributed by atoms with Gasteiger partial charge in [-0.15, -0.1) is 0 Å². The molecule has 0 saturated carbocycles. The number of phosphoric ester groups is 1. The van der Waals surface area contributed by atoms with Crippen LogP contribution >= 0.6 is 7.82 Å². The van der Waals surface area contributed by atoms with Crippen LogP contribution in [0.3, 0.4) is 0 Å². The van der Waals surface area contributed by atoms with Crippen LogP contribution in [0, 0.1) is 0 Å². The van der Waals surface area contributed by atoms with Crippen LogP contribution < -0.4 is 4.52 Å². The van der Waals surface area contributed by atoms with Crippen molar-refractivity contribution in [3.05, 3.63) is 162 Å². The van der Waals surface area contributed by atoms with Crippen LogP contribution in [0.2, 0.25) is 0 Å². The summed E-state index contributed by atoms with van der Waals surface area (Å²) in [5.41, 5.74) is 21.1. The van der Waals surface area contributed by atoms with Crippen LogP contribution in [0.1, 0.15) is 162 Å². The SMILES string of the molecule is COP(=O)(OC)Oc1c2c(c(O)c3c1C1CC3c3cc4c(cc31)C1CC4c3ccccc31)C1CC2c2cc3c(cc21)C1CC3c2ccccc21. The van der Waals surface area contributed by atoms with Gasteiger partial charge in [0, 0.05) is 83.8 Å². The highest BCUT2D eigenvalue weighted by Gasteiger charge is 2.55. The molecule has 0 fully saturated rings. The Balaban J connectivity index is 0.999. The van der Waals surface area contributed by atoms with E-state index < -0.39 is 7.82 Å². The summed E-state index contributed by atoms with van der Waals surface area (Å²) in [7, 11) is -1.12. The Morgan fingerprint density at radius 1 is 0.480 bits per heavy atom. The van der Waals surface area contributed by atoms with E-state index in [2.05, 4.69) is 72.8 Å². The van der Waals surface area contributed by atoms with E-state index >= 15 is 0 Å². The average molecular weight is 675 g/mol. The summed E-state index contributed by atoms with van der Waals surface area (Å²) in [6.45, 7) is 0. The number of phenols is 1. The molecule has 246 valence electrons. The van der Waals surface area contributed by atoms with Crippen molar-refractivity contribution in [2.24, 2.45) is 0 Å². The smallest absolute Gasteiger partial charge is 0.507 e. The molecule has 0 saturated heterocycles.